The van der Waals surface area contributed by atoms with Crippen LogP contribution in [0, 0.1) is 0 Å². The predicted molar refractivity (Wildman–Crippen MR) is 311 cm³/mol. The molecule has 1 aromatic heterocycles. The molecule has 0 radical (unpaired) electrons. The van der Waals surface area contributed by atoms with Gasteiger partial charge in [-0.05, 0) is 138 Å². The van der Waals surface area contributed by atoms with Crippen molar-refractivity contribution in [1.82, 2.24) is 4.57 Å². The third kappa shape index (κ3) is 5.67. The molecule has 0 saturated heterocycles. The first kappa shape index (κ1) is 40.9. The molecule has 0 atom stereocenters. The van der Waals surface area contributed by atoms with Gasteiger partial charge in [-0.25, -0.2) is 0 Å². The van der Waals surface area contributed by atoms with Crippen LogP contribution in [0.5, 0.6) is 0 Å². The second-order valence-electron chi connectivity index (χ2n) is 20.4. The van der Waals surface area contributed by atoms with E-state index in [-0.39, 0.29) is 5.41 Å². The van der Waals surface area contributed by atoms with Gasteiger partial charge in [-0.3, -0.25) is 0 Å². The Labute approximate surface area is 426 Å². The number of hydrogen-bond acceptors (Lipinski definition) is 3. The topological polar surface area (TPSA) is 11.4 Å². The minimum absolute atomic E-state index is 0.318. The Morgan fingerprint density at radius 1 is 0.301 bits per heavy atom. The fourth-order valence-electron chi connectivity index (χ4n) is 13.0. The lowest BCUT2D eigenvalue weighted by molar-refractivity contribution is 0.633. The lowest BCUT2D eigenvalue weighted by atomic mass is 9.73. The van der Waals surface area contributed by atoms with Gasteiger partial charge in [0.25, 0.3) is 0 Å². The number of aromatic nitrogens is 1. The lowest BCUT2D eigenvalue weighted by Crippen LogP contribution is -2.30. The van der Waals surface area contributed by atoms with Crippen molar-refractivity contribution in [2.24, 2.45) is 0 Å². The van der Waals surface area contributed by atoms with Crippen LogP contribution in [0.25, 0.3) is 92.1 Å². The van der Waals surface area contributed by atoms with E-state index in [9.17, 15) is 0 Å². The van der Waals surface area contributed by atoms with E-state index in [1.165, 1.54) is 141 Å². The van der Waals surface area contributed by atoms with Gasteiger partial charge in [0.15, 0.2) is 0 Å². The molecule has 13 aromatic carbocycles. The Morgan fingerprint density at radius 2 is 0.795 bits per heavy atom. The monoisotopic (exact) mass is 947 g/mol. The lowest BCUT2D eigenvalue weighted by Gasteiger charge is -2.42. The minimum atomic E-state index is -0.318. The van der Waals surface area contributed by atoms with E-state index in [1.54, 1.807) is 0 Å². The Hall–Kier alpha value is -8.83. The molecule has 0 bridgehead atoms. The number of benzene rings is 13. The molecule has 2 aliphatic rings. The smallest absolute Gasteiger partial charge is 0.0601 e. The summed E-state index contributed by atoms with van der Waals surface area (Å²) in [5.41, 5.74) is 13.0. The quantitative estimate of drug-likeness (QED) is 0.164. The van der Waals surface area contributed by atoms with Crippen LogP contribution in [-0.4, -0.2) is 4.57 Å². The molecule has 4 heteroatoms. The molecule has 0 unspecified atom stereocenters. The molecule has 0 saturated carbocycles. The molecule has 342 valence electrons. The van der Waals surface area contributed by atoms with Crippen molar-refractivity contribution in [3.05, 3.63) is 248 Å². The summed E-state index contributed by atoms with van der Waals surface area (Å²) in [7, 11) is 0. The van der Waals surface area contributed by atoms with E-state index in [0.29, 0.717) is 0 Å². The summed E-state index contributed by atoms with van der Waals surface area (Å²) >= 11 is 1.85. The molecular weight excluding hydrogens is 903 g/mol. The molecule has 0 spiro atoms. The zero-order valence-corrected chi connectivity index (χ0v) is 41.1. The molecule has 14 aromatic rings. The van der Waals surface area contributed by atoms with Gasteiger partial charge in [-0.15, -0.1) is 0 Å². The van der Waals surface area contributed by atoms with Gasteiger partial charge >= 0.3 is 0 Å². The van der Waals surface area contributed by atoms with Gasteiger partial charge in [-0.1, -0.05) is 189 Å². The van der Waals surface area contributed by atoms with E-state index >= 15 is 0 Å². The van der Waals surface area contributed by atoms with Crippen molar-refractivity contribution in [3.63, 3.8) is 0 Å². The number of anilines is 6. The molecule has 0 fully saturated rings. The summed E-state index contributed by atoms with van der Waals surface area (Å²) in [6.07, 6.45) is 0. The van der Waals surface area contributed by atoms with Crippen molar-refractivity contribution in [3.8, 4) is 5.69 Å². The summed E-state index contributed by atoms with van der Waals surface area (Å²) in [5, 5.41) is 17.6. The second kappa shape index (κ2) is 15.1. The first-order chi connectivity index (χ1) is 36.0. The first-order valence-electron chi connectivity index (χ1n) is 25.3. The van der Waals surface area contributed by atoms with Gasteiger partial charge in [-0.2, -0.15) is 0 Å². The molecular formula is C69H45N3S. The van der Waals surface area contributed by atoms with Crippen molar-refractivity contribution in [1.29, 1.82) is 0 Å². The van der Waals surface area contributed by atoms with E-state index in [4.69, 9.17) is 0 Å². The summed E-state index contributed by atoms with van der Waals surface area (Å²) in [4.78, 5) is 7.60. The van der Waals surface area contributed by atoms with Crippen LogP contribution in [0.15, 0.2) is 246 Å². The highest BCUT2D eigenvalue weighted by Gasteiger charge is 2.39. The Kier molecular flexibility index (Phi) is 8.45. The molecule has 3 heterocycles. The van der Waals surface area contributed by atoms with E-state index < -0.39 is 0 Å². The maximum atomic E-state index is 2.60. The van der Waals surface area contributed by atoms with Crippen molar-refractivity contribution >= 4 is 132 Å². The third-order valence-electron chi connectivity index (χ3n) is 16.3. The average molecular weight is 948 g/mol. The largest absolute Gasteiger partial charge is 0.309 e. The normalized spacial score (nSPS) is 13.9. The van der Waals surface area contributed by atoms with Crippen LogP contribution in [0.4, 0.5) is 34.1 Å². The fraction of sp³-hybridized carbons (Fsp3) is 0.0435. The van der Waals surface area contributed by atoms with Gasteiger partial charge in [0.05, 0.1) is 45.2 Å². The van der Waals surface area contributed by atoms with Crippen molar-refractivity contribution < 1.29 is 0 Å². The SMILES string of the molecule is CC1(C)c2ccccc2N(c2cc3c4ccccc4c(N4c5ccccc5Sc5ccccc54)cc3c3ccccc23)c2cc3c(cc21)c1c2ccc4c5ccccc5ccc4c2ccc1n3-c1ccccc1. The highest BCUT2D eigenvalue weighted by Crippen LogP contribution is 2.58. The van der Waals surface area contributed by atoms with Crippen LogP contribution < -0.4 is 9.80 Å². The molecule has 2 aliphatic heterocycles. The zero-order chi connectivity index (χ0) is 48.1. The standard InChI is InChI=1S/C69H45N3S/c1-69(2)56-26-12-13-27-58(56)71(62-39-53-46-23-9-11-25-51(46)63(40-54(53)45-22-8-10-24-50(45)62)72-59-28-14-16-30-66(59)73-67-31-17-15-29-60(67)72)65-41-64-55(38-57(65)69)68-52-35-34-47-44-21-7-6-18-42(44)32-33-48(47)49(52)36-37-61(68)70(64)43-19-4-3-5-20-43/h3-41H,1-2H3. The van der Waals surface area contributed by atoms with Crippen LogP contribution in [0.3, 0.4) is 0 Å². The predicted octanol–water partition coefficient (Wildman–Crippen LogP) is 19.7. The molecule has 0 amide bonds. The van der Waals surface area contributed by atoms with Crippen molar-refractivity contribution in [2.75, 3.05) is 9.80 Å². The molecule has 3 nitrogen and oxygen atoms in total. The van der Waals surface area contributed by atoms with Gasteiger partial charge in [0.2, 0.25) is 0 Å². The number of nitrogens with zero attached hydrogens (tertiary/aromatic N) is 3. The Bertz CT molecular complexity index is 4650. The van der Waals surface area contributed by atoms with Crippen LogP contribution >= 0.6 is 11.8 Å². The van der Waals surface area contributed by atoms with Crippen LogP contribution in [0.2, 0.25) is 0 Å². The van der Waals surface area contributed by atoms with E-state index in [0.717, 1.165) is 5.69 Å². The van der Waals surface area contributed by atoms with E-state index in [1.807, 2.05) is 11.8 Å². The number of para-hydroxylation sites is 4. The third-order valence-corrected chi connectivity index (χ3v) is 17.4. The Morgan fingerprint density at radius 3 is 1.49 bits per heavy atom. The fourth-order valence-corrected chi connectivity index (χ4v) is 14.0. The number of rotatable bonds is 3. The summed E-state index contributed by atoms with van der Waals surface area (Å²) in [6, 6.07) is 88.7. The van der Waals surface area contributed by atoms with Crippen molar-refractivity contribution in [2.45, 2.75) is 29.1 Å². The maximum Gasteiger partial charge on any atom is 0.0601 e. The minimum Gasteiger partial charge on any atom is -0.309 e. The first-order valence-corrected chi connectivity index (χ1v) is 26.2. The molecule has 16 rings (SSSR count). The van der Waals surface area contributed by atoms with Gasteiger partial charge in [0, 0.05) is 42.4 Å². The second-order valence-corrected chi connectivity index (χ2v) is 21.5. The highest BCUT2D eigenvalue weighted by atomic mass is 32.2. The molecule has 0 N–H and O–H groups in total. The molecule has 73 heavy (non-hydrogen) atoms. The molecule has 0 aliphatic carbocycles. The maximum absolute atomic E-state index is 2.60. The Balaban J connectivity index is 0.999. The van der Waals surface area contributed by atoms with Crippen LogP contribution in [0.1, 0.15) is 25.0 Å². The highest BCUT2D eigenvalue weighted by molar-refractivity contribution is 7.99. The zero-order valence-electron chi connectivity index (χ0n) is 40.3. The average Bonchev–Trinajstić information content (AvgIpc) is 3.78. The van der Waals surface area contributed by atoms with Crippen LogP contribution in [-0.2, 0) is 5.41 Å². The summed E-state index contributed by atoms with van der Waals surface area (Å²) in [5.74, 6) is 0. The summed E-state index contributed by atoms with van der Waals surface area (Å²) in [6.45, 7) is 4.84. The number of fused-ring (bicyclic) bond motifs is 18. The number of hydrogen-bond donors (Lipinski definition) is 0. The van der Waals surface area contributed by atoms with Gasteiger partial charge in [0.1, 0.15) is 0 Å². The van der Waals surface area contributed by atoms with E-state index in [2.05, 4.69) is 265 Å². The van der Waals surface area contributed by atoms with Gasteiger partial charge < -0.3 is 14.4 Å². The summed E-state index contributed by atoms with van der Waals surface area (Å²) < 4.78 is 2.50.